The van der Waals surface area contributed by atoms with Gasteiger partial charge in [0, 0.05) is 12.0 Å². The van der Waals surface area contributed by atoms with Crippen LogP contribution in [-0.4, -0.2) is 36.6 Å². The summed E-state index contributed by atoms with van der Waals surface area (Å²) in [5.74, 6) is 1.45. The van der Waals surface area contributed by atoms with Crippen LogP contribution in [0.25, 0.3) is 0 Å². The molecule has 1 aliphatic rings. The molecule has 2 amide bonds. The first-order valence-electron chi connectivity index (χ1n) is 5.68. The van der Waals surface area contributed by atoms with Gasteiger partial charge < -0.3 is 15.2 Å². The lowest BCUT2D eigenvalue weighted by atomic mass is 9.93. The van der Waals surface area contributed by atoms with Gasteiger partial charge in [-0.15, -0.1) is 0 Å². The van der Waals surface area contributed by atoms with E-state index in [4.69, 9.17) is 15.2 Å². The number of nitrogens with two attached hydrogens (primary N) is 1. The van der Waals surface area contributed by atoms with Crippen molar-refractivity contribution in [3.63, 3.8) is 0 Å². The quantitative estimate of drug-likeness (QED) is 0.627. The van der Waals surface area contributed by atoms with E-state index in [1.165, 1.54) is 0 Å². The molecule has 18 heavy (non-hydrogen) atoms. The molecular formula is C12H16N2O4. The molecule has 6 nitrogen and oxygen atoms in total. The summed E-state index contributed by atoms with van der Waals surface area (Å²) in [6.45, 7) is 0.704. The van der Waals surface area contributed by atoms with Crippen molar-refractivity contribution in [3.05, 3.63) is 23.8 Å². The van der Waals surface area contributed by atoms with E-state index in [1.807, 2.05) is 12.1 Å². The van der Waals surface area contributed by atoms with Gasteiger partial charge in [0.25, 0.3) is 0 Å². The molecule has 6 heteroatoms. The molecule has 98 valence electrons. The zero-order valence-corrected chi connectivity index (χ0v) is 10.1. The Morgan fingerprint density at radius 1 is 1.67 bits per heavy atom. The third kappa shape index (κ3) is 2.48. The van der Waals surface area contributed by atoms with Crippen molar-refractivity contribution < 1.29 is 19.5 Å². The van der Waals surface area contributed by atoms with Crippen molar-refractivity contribution in [1.29, 1.82) is 0 Å². The Morgan fingerprint density at radius 2 is 2.44 bits per heavy atom. The number of rotatable bonds is 3. The van der Waals surface area contributed by atoms with E-state index >= 15 is 0 Å². The number of carbonyl (C=O) groups is 1. The number of hydroxylamine groups is 2. The fraction of sp³-hybridized carbons (Fsp3) is 0.417. The van der Waals surface area contributed by atoms with Crippen LogP contribution < -0.4 is 15.2 Å². The summed E-state index contributed by atoms with van der Waals surface area (Å²) in [5, 5.41) is 9.93. The molecule has 0 fully saturated rings. The number of urea groups is 1. The molecule has 1 aromatic carbocycles. The average molecular weight is 252 g/mol. The predicted octanol–water partition coefficient (Wildman–Crippen LogP) is 1.33. The van der Waals surface area contributed by atoms with Gasteiger partial charge in [-0.25, -0.2) is 9.86 Å². The highest BCUT2D eigenvalue weighted by Gasteiger charge is 2.24. The molecule has 1 aliphatic heterocycles. The van der Waals surface area contributed by atoms with Gasteiger partial charge in [0.05, 0.1) is 20.3 Å². The maximum Gasteiger partial charge on any atom is 0.338 e. The largest absolute Gasteiger partial charge is 0.497 e. The van der Waals surface area contributed by atoms with E-state index in [9.17, 15) is 10.0 Å². The second-order valence-electron chi connectivity index (χ2n) is 4.16. The van der Waals surface area contributed by atoms with Crippen LogP contribution in [0.5, 0.6) is 11.5 Å². The Balaban J connectivity index is 2.20. The maximum atomic E-state index is 10.8. The first-order chi connectivity index (χ1) is 8.61. The number of benzene rings is 1. The highest BCUT2D eigenvalue weighted by atomic mass is 16.5. The molecule has 0 spiro atoms. The summed E-state index contributed by atoms with van der Waals surface area (Å²) >= 11 is 0. The second-order valence-corrected chi connectivity index (χ2v) is 4.16. The van der Waals surface area contributed by atoms with Crippen molar-refractivity contribution in [2.75, 3.05) is 20.3 Å². The van der Waals surface area contributed by atoms with Crippen LogP contribution >= 0.6 is 0 Å². The van der Waals surface area contributed by atoms with E-state index < -0.39 is 6.03 Å². The van der Waals surface area contributed by atoms with Crippen molar-refractivity contribution >= 4 is 6.03 Å². The third-order valence-corrected chi connectivity index (χ3v) is 3.03. The van der Waals surface area contributed by atoms with E-state index in [1.54, 1.807) is 13.2 Å². The van der Waals surface area contributed by atoms with Gasteiger partial charge in [0.15, 0.2) is 0 Å². The first-order valence-corrected chi connectivity index (χ1v) is 5.68. The van der Waals surface area contributed by atoms with Gasteiger partial charge in [-0.05, 0) is 18.1 Å². The molecule has 0 aliphatic carbocycles. The molecule has 0 saturated heterocycles. The van der Waals surface area contributed by atoms with Gasteiger partial charge in [-0.3, -0.25) is 5.21 Å². The van der Waals surface area contributed by atoms with Crippen molar-refractivity contribution in [2.45, 2.75) is 12.3 Å². The third-order valence-electron chi connectivity index (χ3n) is 3.03. The van der Waals surface area contributed by atoms with Gasteiger partial charge >= 0.3 is 6.03 Å². The summed E-state index contributed by atoms with van der Waals surface area (Å²) < 4.78 is 10.7. The normalized spacial score (nSPS) is 17.6. The Labute approximate surface area is 105 Å². The van der Waals surface area contributed by atoms with Crippen LogP contribution in [-0.2, 0) is 0 Å². The first kappa shape index (κ1) is 12.5. The number of carbonyl (C=O) groups excluding carboxylic acids is 1. The SMILES string of the molecule is COc1ccc2c(c1)OCCC2CN(O)C(N)=O. The van der Waals surface area contributed by atoms with Gasteiger partial charge in [0.2, 0.25) is 0 Å². The number of methoxy groups -OCH3 is 1. The van der Waals surface area contributed by atoms with Crippen molar-refractivity contribution in [3.8, 4) is 11.5 Å². The Morgan fingerprint density at radius 3 is 3.11 bits per heavy atom. The monoisotopic (exact) mass is 252 g/mol. The molecule has 1 heterocycles. The average Bonchev–Trinajstić information content (AvgIpc) is 2.38. The minimum atomic E-state index is -0.850. The van der Waals surface area contributed by atoms with Crippen LogP contribution in [0, 0.1) is 0 Å². The number of nitrogens with zero attached hydrogens (tertiary/aromatic N) is 1. The highest BCUT2D eigenvalue weighted by molar-refractivity contribution is 5.70. The van der Waals surface area contributed by atoms with Gasteiger partial charge in [-0.2, -0.15) is 0 Å². The van der Waals surface area contributed by atoms with E-state index in [2.05, 4.69) is 0 Å². The fourth-order valence-corrected chi connectivity index (χ4v) is 2.06. The lowest BCUT2D eigenvalue weighted by Crippen LogP contribution is -2.37. The number of primary amides is 1. The molecular weight excluding hydrogens is 236 g/mol. The van der Waals surface area contributed by atoms with E-state index in [0.29, 0.717) is 17.4 Å². The number of hydrogen-bond donors (Lipinski definition) is 2. The van der Waals surface area contributed by atoms with Crippen LogP contribution in [0.15, 0.2) is 18.2 Å². The van der Waals surface area contributed by atoms with Crippen LogP contribution in [0.2, 0.25) is 0 Å². The lowest BCUT2D eigenvalue weighted by Gasteiger charge is -2.28. The molecule has 0 bridgehead atoms. The maximum absolute atomic E-state index is 10.8. The standard InChI is InChI=1S/C12H16N2O4/c1-17-9-2-3-10-8(7-14(16)12(13)15)4-5-18-11(10)6-9/h2-3,6,8,16H,4-5,7H2,1H3,(H2,13,15). The summed E-state index contributed by atoms with van der Waals surface area (Å²) in [4.78, 5) is 10.8. The minimum absolute atomic E-state index is 0.0113. The van der Waals surface area contributed by atoms with Crippen molar-refractivity contribution in [2.24, 2.45) is 5.73 Å². The van der Waals surface area contributed by atoms with Crippen LogP contribution in [0.3, 0.4) is 0 Å². The lowest BCUT2D eigenvalue weighted by molar-refractivity contribution is -0.0460. The van der Waals surface area contributed by atoms with E-state index in [0.717, 1.165) is 17.7 Å². The van der Waals surface area contributed by atoms with Crippen LogP contribution in [0.1, 0.15) is 17.9 Å². The number of hydrogen-bond acceptors (Lipinski definition) is 4. The molecule has 2 rings (SSSR count). The summed E-state index contributed by atoms with van der Waals surface area (Å²) in [7, 11) is 1.59. The predicted molar refractivity (Wildman–Crippen MR) is 63.9 cm³/mol. The van der Waals surface area contributed by atoms with E-state index in [-0.39, 0.29) is 12.5 Å². The molecule has 3 N–H and O–H groups in total. The molecule has 1 atom stereocenters. The second kappa shape index (κ2) is 5.14. The Hall–Kier alpha value is -1.95. The molecule has 0 saturated carbocycles. The smallest absolute Gasteiger partial charge is 0.338 e. The molecule has 1 aromatic rings. The summed E-state index contributed by atoms with van der Waals surface area (Å²) in [6.07, 6.45) is 0.726. The fourth-order valence-electron chi connectivity index (χ4n) is 2.06. The number of amides is 2. The molecule has 0 radical (unpaired) electrons. The highest BCUT2D eigenvalue weighted by Crippen LogP contribution is 2.36. The summed E-state index contributed by atoms with van der Waals surface area (Å²) in [6, 6.07) is 4.66. The topological polar surface area (TPSA) is 85.0 Å². The molecule has 1 unspecified atom stereocenters. The Bertz CT molecular complexity index is 450. The van der Waals surface area contributed by atoms with Gasteiger partial charge in [-0.1, -0.05) is 6.07 Å². The number of ether oxygens (including phenoxy) is 2. The van der Waals surface area contributed by atoms with Gasteiger partial charge in [0.1, 0.15) is 11.5 Å². The zero-order chi connectivity index (χ0) is 13.1. The van der Waals surface area contributed by atoms with Crippen LogP contribution in [0.4, 0.5) is 4.79 Å². The zero-order valence-electron chi connectivity index (χ0n) is 10.1. The molecule has 0 aromatic heterocycles. The number of fused-ring (bicyclic) bond motifs is 1. The van der Waals surface area contributed by atoms with Crippen molar-refractivity contribution in [1.82, 2.24) is 5.06 Å². The Kier molecular flexibility index (Phi) is 3.57. The summed E-state index contributed by atoms with van der Waals surface area (Å²) in [5.41, 5.74) is 5.95. The minimum Gasteiger partial charge on any atom is -0.497 e.